The molecular weight excluding hydrogens is 370 g/mol. The number of carbonyl (C=O) groups is 1. The topological polar surface area (TPSA) is 90.5 Å². The summed E-state index contributed by atoms with van der Waals surface area (Å²) in [7, 11) is 1.69. The van der Waals surface area contributed by atoms with Crippen molar-refractivity contribution in [2.45, 2.75) is 19.9 Å². The summed E-state index contributed by atoms with van der Waals surface area (Å²) in [6.45, 7) is 2.77. The average Bonchev–Trinajstić information content (AvgIpc) is 3.19. The number of esters is 1. The number of ether oxygens (including phenoxy) is 1. The van der Waals surface area contributed by atoms with Gasteiger partial charge in [0.15, 0.2) is 5.82 Å². The molecule has 0 unspecified atom stereocenters. The summed E-state index contributed by atoms with van der Waals surface area (Å²) in [4.78, 5) is 24.4. The third kappa shape index (κ3) is 3.44. The van der Waals surface area contributed by atoms with E-state index in [1.165, 1.54) is 4.57 Å². The Kier molecular flexibility index (Phi) is 4.99. The number of nitrogens with zero attached hydrogens (tertiary/aromatic N) is 4. The molecule has 0 saturated carbocycles. The van der Waals surface area contributed by atoms with Gasteiger partial charge in [0.1, 0.15) is 0 Å². The molecule has 1 N–H and O–H groups in total. The highest BCUT2D eigenvalue weighted by atomic mass is 16.5. The summed E-state index contributed by atoms with van der Waals surface area (Å²) in [5.41, 5.74) is 2.01. The summed E-state index contributed by atoms with van der Waals surface area (Å²) in [5, 5.41) is 12.3. The van der Waals surface area contributed by atoms with Gasteiger partial charge in [0.2, 0.25) is 5.78 Å². The maximum Gasteiger partial charge on any atom is 0.338 e. The number of hydrogen-bond donors (Lipinski definition) is 1. The molecule has 0 aliphatic rings. The van der Waals surface area contributed by atoms with Gasteiger partial charge in [-0.1, -0.05) is 19.1 Å². The van der Waals surface area contributed by atoms with Crippen molar-refractivity contribution in [1.29, 1.82) is 0 Å². The lowest BCUT2D eigenvalue weighted by molar-refractivity contribution is 0.0505. The molecule has 0 saturated heterocycles. The molecule has 0 fully saturated rings. The Morgan fingerprint density at radius 1 is 1.10 bits per heavy atom. The number of para-hydroxylation sites is 1. The Morgan fingerprint density at radius 3 is 2.62 bits per heavy atom. The van der Waals surface area contributed by atoms with Crippen molar-refractivity contribution in [1.82, 2.24) is 19.2 Å². The summed E-state index contributed by atoms with van der Waals surface area (Å²) >= 11 is 0. The molecule has 0 spiro atoms. The van der Waals surface area contributed by atoms with Crippen LogP contribution in [-0.4, -0.2) is 31.7 Å². The van der Waals surface area contributed by atoms with Crippen LogP contribution in [0.2, 0.25) is 0 Å². The SMILES string of the molecule is CCCOC(=O)c1ccc(NCc2nnc3n(C)c(=O)c4ccccc4n23)cc1. The van der Waals surface area contributed by atoms with Crippen LogP contribution >= 0.6 is 0 Å². The van der Waals surface area contributed by atoms with Gasteiger partial charge >= 0.3 is 5.97 Å². The molecule has 29 heavy (non-hydrogen) atoms. The number of carbonyl (C=O) groups excluding carboxylic acids is 1. The Morgan fingerprint density at radius 2 is 1.86 bits per heavy atom. The molecule has 0 aliphatic carbocycles. The van der Waals surface area contributed by atoms with Gasteiger partial charge in [-0.25, -0.2) is 4.79 Å². The molecule has 0 atom stereocenters. The molecule has 4 rings (SSSR count). The first-order chi connectivity index (χ1) is 14.1. The van der Waals surface area contributed by atoms with Crippen molar-refractivity contribution < 1.29 is 9.53 Å². The Labute approximate surface area is 166 Å². The zero-order chi connectivity index (χ0) is 20.4. The molecule has 0 aliphatic heterocycles. The highest BCUT2D eigenvalue weighted by Crippen LogP contribution is 2.16. The highest BCUT2D eigenvalue weighted by Gasteiger charge is 2.14. The molecule has 148 valence electrons. The lowest BCUT2D eigenvalue weighted by Gasteiger charge is -2.09. The first-order valence-corrected chi connectivity index (χ1v) is 9.43. The van der Waals surface area contributed by atoms with Crippen LogP contribution in [0.3, 0.4) is 0 Å². The molecule has 2 aromatic carbocycles. The number of benzene rings is 2. The van der Waals surface area contributed by atoms with E-state index < -0.39 is 0 Å². The largest absolute Gasteiger partial charge is 0.462 e. The van der Waals surface area contributed by atoms with E-state index in [2.05, 4.69) is 15.5 Å². The van der Waals surface area contributed by atoms with Gasteiger partial charge in [0, 0.05) is 12.7 Å². The van der Waals surface area contributed by atoms with Gasteiger partial charge < -0.3 is 10.1 Å². The van der Waals surface area contributed by atoms with Crippen molar-refractivity contribution in [3.8, 4) is 0 Å². The molecular formula is C21H21N5O3. The maximum absolute atomic E-state index is 12.5. The van der Waals surface area contributed by atoms with Crippen LogP contribution in [0.4, 0.5) is 5.69 Å². The van der Waals surface area contributed by atoms with Gasteiger partial charge in [-0.3, -0.25) is 13.8 Å². The smallest absolute Gasteiger partial charge is 0.338 e. The van der Waals surface area contributed by atoms with Crippen LogP contribution in [-0.2, 0) is 18.3 Å². The van der Waals surface area contributed by atoms with E-state index in [9.17, 15) is 9.59 Å². The number of anilines is 1. The Hall–Kier alpha value is -3.68. The number of nitrogens with one attached hydrogen (secondary N) is 1. The van der Waals surface area contributed by atoms with Gasteiger partial charge in [-0.15, -0.1) is 10.2 Å². The fraction of sp³-hybridized carbons (Fsp3) is 0.238. The van der Waals surface area contributed by atoms with Crippen molar-refractivity contribution in [3.05, 3.63) is 70.3 Å². The molecule has 2 aromatic heterocycles. The van der Waals surface area contributed by atoms with E-state index in [1.807, 2.05) is 41.7 Å². The normalized spacial score (nSPS) is 11.1. The molecule has 0 radical (unpaired) electrons. The van der Waals surface area contributed by atoms with Crippen LogP contribution in [0.5, 0.6) is 0 Å². The summed E-state index contributed by atoms with van der Waals surface area (Å²) < 4.78 is 8.51. The monoisotopic (exact) mass is 391 g/mol. The second-order valence-electron chi connectivity index (χ2n) is 6.70. The van der Waals surface area contributed by atoms with Crippen molar-refractivity contribution >= 4 is 28.3 Å². The van der Waals surface area contributed by atoms with Crippen LogP contribution < -0.4 is 10.9 Å². The first-order valence-electron chi connectivity index (χ1n) is 9.43. The standard InChI is InChI=1S/C21H21N5O3/c1-3-12-29-20(28)14-8-10-15(11-9-14)22-13-18-23-24-21-25(2)19(27)16-6-4-5-7-17(16)26(18)21/h4-11,22H,3,12-13H2,1-2H3. The van der Waals surface area contributed by atoms with E-state index in [0.717, 1.165) is 17.6 Å². The minimum absolute atomic E-state index is 0.106. The maximum atomic E-state index is 12.5. The van der Waals surface area contributed by atoms with Gasteiger partial charge in [-0.2, -0.15) is 0 Å². The number of aryl methyl sites for hydroxylation is 1. The zero-order valence-corrected chi connectivity index (χ0v) is 16.3. The quantitative estimate of drug-likeness (QED) is 0.508. The first kappa shape index (κ1) is 18.7. The molecule has 0 bridgehead atoms. The predicted molar refractivity (Wildman–Crippen MR) is 110 cm³/mol. The molecule has 8 heteroatoms. The average molecular weight is 391 g/mol. The fourth-order valence-corrected chi connectivity index (χ4v) is 3.19. The van der Waals surface area contributed by atoms with Crippen LogP contribution in [0.1, 0.15) is 29.5 Å². The van der Waals surface area contributed by atoms with Crippen molar-refractivity contribution in [2.24, 2.45) is 7.05 Å². The van der Waals surface area contributed by atoms with E-state index in [0.29, 0.717) is 35.7 Å². The third-order valence-corrected chi connectivity index (χ3v) is 4.70. The number of rotatable bonds is 6. The molecule has 2 heterocycles. The van der Waals surface area contributed by atoms with Crippen LogP contribution in [0, 0.1) is 0 Å². The third-order valence-electron chi connectivity index (χ3n) is 4.70. The van der Waals surface area contributed by atoms with Crippen LogP contribution in [0.15, 0.2) is 53.3 Å². The Bertz CT molecular complexity index is 1240. The second kappa shape index (κ2) is 7.75. The summed E-state index contributed by atoms with van der Waals surface area (Å²) in [5.74, 6) is 0.840. The van der Waals surface area contributed by atoms with Crippen molar-refractivity contribution in [3.63, 3.8) is 0 Å². The van der Waals surface area contributed by atoms with Crippen LogP contribution in [0.25, 0.3) is 16.7 Å². The van der Waals surface area contributed by atoms with Gasteiger partial charge in [-0.05, 0) is 42.8 Å². The molecule has 4 aromatic rings. The van der Waals surface area contributed by atoms with Gasteiger partial charge in [0.05, 0.1) is 29.6 Å². The second-order valence-corrected chi connectivity index (χ2v) is 6.70. The number of hydrogen-bond acceptors (Lipinski definition) is 6. The highest BCUT2D eigenvalue weighted by molar-refractivity contribution is 5.89. The summed E-state index contributed by atoms with van der Waals surface area (Å²) in [6, 6.07) is 14.5. The van der Waals surface area contributed by atoms with Crippen molar-refractivity contribution in [2.75, 3.05) is 11.9 Å². The number of fused-ring (bicyclic) bond motifs is 3. The molecule has 0 amide bonds. The lowest BCUT2D eigenvalue weighted by atomic mass is 10.2. The lowest BCUT2D eigenvalue weighted by Crippen LogP contribution is -2.20. The summed E-state index contributed by atoms with van der Waals surface area (Å²) in [6.07, 6.45) is 0.790. The fourth-order valence-electron chi connectivity index (χ4n) is 3.19. The minimum atomic E-state index is -0.325. The van der Waals surface area contributed by atoms with E-state index in [-0.39, 0.29) is 11.5 Å². The zero-order valence-electron chi connectivity index (χ0n) is 16.3. The predicted octanol–water partition coefficient (Wildman–Crippen LogP) is 2.76. The van der Waals surface area contributed by atoms with E-state index >= 15 is 0 Å². The number of aromatic nitrogens is 4. The van der Waals surface area contributed by atoms with E-state index in [1.54, 1.807) is 25.2 Å². The van der Waals surface area contributed by atoms with Gasteiger partial charge in [0.25, 0.3) is 5.56 Å². The van der Waals surface area contributed by atoms with E-state index in [4.69, 9.17) is 4.74 Å². The molecule has 8 nitrogen and oxygen atoms in total. The minimum Gasteiger partial charge on any atom is -0.462 e. The Balaban J connectivity index is 1.59.